The highest BCUT2D eigenvalue weighted by Gasteiger charge is 1.62. The van der Waals surface area contributed by atoms with Crippen LogP contribution in [0.4, 0.5) is 0 Å². The molecule has 0 heteroatoms. The smallest absolute Gasteiger partial charge is 0.228 e. The van der Waals surface area contributed by atoms with E-state index in [2.05, 4.69) is 12.7 Å². The van der Waals surface area contributed by atoms with E-state index in [9.17, 15) is 0 Å². The van der Waals surface area contributed by atoms with Crippen molar-refractivity contribution in [1.82, 2.24) is 0 Å². The molecule has 0 aromatic rings. The third-order valence-corrected chi connectivity index (χ3v) is 0.773. The molecule has 0 aromatic carbocycles. The molecular formula is C7H6-2. The van der Waals surface area contributed by atoms with Crippen LogP contribution < -0.4 is 0 Å². The summed E-state index contributed by atoms with van der Waals surface area (Å²) < 4.78 is 0. The standard InChI is InChI=1S/C7H6/c1-7-5-3-2-4-6-7/h2-5H,1H2/q-2. The summed E-state index contributed by atoms with van der Waals surface area (Å²) in [5.41, 5.74) is 0.947. The fourth-order valence-electron chi connectivity index (χ4n) is 0.431. The van der Waals surface area contributed by atoms with Gasteiger partial charge in [-0.3, -0.25) is 18.2 Å². The van der Waals surface area contributed by atoms with Gasteiger partial charge < -0.3 is 0 Å². The molecule has 0 unspecified atom stereocenters. The zero-order valence-electron chi connectivity index (χ0n) is 4.02. The van der Waals surface area contributed by atoms with Crippen molar-refractivity contribution in [3.63, 3.8) is 0 Å². The van der Waals surface area contributed by atoms with Crippen molar-refractivity contribution in [2.75, 3.05) is 0 Å². The Morgan fingerprint density at radius 3 is 2.86 bits per heavy atom. The maximum atomic E-state index is 3.66. The van der Waals surface area contributed by atoms with Gasteiger partial charge >= 0.3 is 0 Å². The molecule has 0 spiro atoms. The molecule has 0 atom stereocenters. The molecule has 0 aliphatic heterocycles. The summed E-state index contributed by atoms with van der Waals surface area (Å²) in [6.07, 6.45) is 10.6. The molecule has 1 aliphatic rings. The lowest BCUT2D eigenvalue weighted by Gasteiger charge is -2.13. The lowest BCUT2D eigenvalue weighted by atomic mass is 10.1. The number of allylic oxidation sites excluding steroid dienone is 5. The average molecular weight is 90.1 g/mol. The van der Waals surface area contributed by atoms with Crippen molar-refractivity contribution in [3.05, 3.63) is 42.9 Å². The van der Waals surface area contributed by atoms with Gasteiger partial charge in [0, 0.05) is 0 Å². The van der Waals surface area contributed by atoms with Crippen molar-refractivity contribution in [3.8, 4) is 0 Å². The van der Waals surface area contributed by atoms with Crippen LogP contribution in [0.1, 0.15) is 0 Å². The maximum absolute atomic E-state index is 3.66. The molecule has 0 saturated heterocycles. The van der Waals surface area contributed by atoms with Crippen LogP contribution in [-0.2, 0) is 0 Å². The zero-order valence-corrected chi connectivity index (χ0v) is 4.02. The van der Waals surface area contributed by atoms with E-state index >= 15 is 0 Å². The van der Waals surface area contributed by atoms with Crippen molar-refractivity contribution < 1.29 is 0 Å². The Labute approximate surface area is 43.9 Å². The summed E-state index contributed by atoms with van der Waals surface area (Å²) in [5, 5.41) is 0. The Hall–Kier alpha value is -0.910. The summed E-state index contributed by atoms with van der Waals surface area (Å²) >= 11 is 0. The lowest BCUT2D eigenvalue weighted by molar-refractivity contribution is 1.55. The predicted octanol–water partition coefficient (Wildman–Crippen LogP) is 1.68. The van der Waals surface area contributed by atoms with Crippen LogP contribution in [0.25, 0.3) is 0 Å². The van der Waals surface area contributed by atoms with Crippen LogP contribution in [-0.4, -0.2) is 0 Å². The molecule has 0 saturated carbocycles. The molecule has 0 bridgehead atoms. The summed E-state index contributed by atoms with van der Waals surface area (Å²) in [6.45, 7) is 3.66. The Morgan fingerprint density at radius 2 is 2.57 bits per heavy atom. The van der Waals surface area contributed by atoms with Gasteiger partial charge in [-0.1, -0.05) is 0 Å². The molecular weight excluding hydrogens is 84.1 g/mol. The molecule has 0 aromatic heterocycles. The predicted molar refractivity (Wildman–Crippen MR) is 30.4 cm³/mol. The van der Waals surface area contributed by atoms with Crippen LogP contribution >= 0.6 is 0 Å². The first-order valence-corrected chi connectivity index (χ1v) is 2.18. The van der Waals surface area contributed by atoms with E-state index in [0.717, 1.165) is 5.57 Å². The van der Waals surface area contributed by atoms with Crippen molar-refractivity contribution in [2.24, 2.45) is 0 Å². The van der Waals surface area contributed by atoms with E-state index in [4.69, 9.17) is 0 Å². The van der Waals surface area contributed by atoms with Crippen molar-refractivity contribution in [1.29, 1.82) is 0 Å². The third-order valence-electron chi connectivity index (χ3n) is 0.773. The van der Waals surface area contributed by atoms with Gasteiger partial charge in [0.25, 0.3) is 0 Å². The van der Waals surface area contributed by atoms with Crippen molar-refractivity contribution in [2.45, 2.75) is 0 Å². The van der Waals surface area contributed by atoms with Gasteiger partial charge in [0.1, 0.15) is 0 Å². The Bertz CT molecular complexity index is 113. The fourth-order valence-corrected chi connectivity index (χ4v) is 0.431. The first-order valence-electron chi connectivity index (χ1n) is 2.18. The highest BCUT2D eigenvalue weighted by Crippen LogP contribution is 2.01. The minimum Gasteiger partial charge on any atom is -0.290 e. The molecule has 0 nitrogen and oxygen atoms in total. The van der Waals surface area contributed by atoms with Crippen LogP contribution in [0, 0.1) is 12.5 Å². The van der Waals surface area contributed by atoms with E-state index in [1.807, 2.05) is 24.6 Å². The molecule has 0 heterocycles. The summed E-state index contributed by atoms with van der Waals surface area (Å²) in [5.74, 6) is 0. The minimum absolute atomic E-state index is 0.947. The molecule has 7 heavy (non-hydrogen) atoms. The molecule has 0 radical (unpaired) electrons. The van der Waals surface area contributed by atoms with E-state index < -0.39 is 0 Å². The molecule has 0 fully saturated rings. The van der Waals surface area contributed by atoms with Gasteiger partial charge in [-0.15, -0.1) is 0 Å². The average Bonchev–Trinajstić information content (AvgIpc) is 1.69. The van der Waals surface area contributed by atoms with Gasteiger partial charge in [-0.05, 0) is 0 Å². The monoisotopic (exact) mass is 90.0 g/mol. The Morgan fingerprint density at radius 1 is 1.71 bits per heavy atom. The third kappa shape index (κ3) is 0.967. The van der Waals surface area contributed by atoms with Crippen LogP contribution in [0.15, 0.2) is 30.4 Å². The first kappa shape index (κ1) is 4.25. The summed E-state index contributed by atoms with van der Waals surface area (Å²) in [7, 11) is 0. The number of rotatable bonds is 0. The largest absolute Gasteiger partial charge is 0.290 e. The van der Waals surface area contributed by atoms with Gasteiger partial charge in [-0.2, -0.15) is 0 Å². The van der Waals surface area contributed by atoms with Crippen molar-refractivity contribution >= 4 is 0 Å². The van der Waals surface area contributed by atoms with Gasteiger partial charge in [0.05, 0.1) is 0 Å². The highest BCUT2D eigenvalue weighted by atomic mass is 13.9. The van der Waals surface area contributed by atoms with Crippen LogP contribution in [0.3, 0.4) is 0 Å². The zero-order chi connectivity index (χ0) is 5.11. The quantitative estimate of drug-likeness (QED) is 0.397. The Kier molecular flexibility index (Phi) is 1.03. The number of hydrogen-bond acceptors (Lipinski definition) is 0. The SMILES string of the molecule is C=C1[C-]=C[CH-]C=C1. The molecule has 36 valence electrons. The van der Waals surface area contributed by atoms with E-state index in [0.29, 0.717) is 0 Å². The normalized spacial score (nSPS) is 16.9. The van der Waals surface area contributed by atoms with Gasteiger partial charge in [0.2, 0.25) is 0 Å². The second-order valence-corrected chi connectivity index (χ2v) is 1.39. The maximum Gasteiger partial charge on any atom is -0.228 e. The van der Waals surface area contributed by atoms with E-state index in [1.165, 1.54) is 0 Å². The molecule has 1 aliphatic carbocycles. The molecule has 0 amide bonds. The van der Waals surface area contributed by atoms with E-state index in [1.54, 1.807) is 0 Å². The van der Waals surface area contributed by atoms with Gasteiger partial charge in [-0.25, -0.2) is 24.6 Å². The molecule has 1 rings (SSSR count). The van der Waals surface area contributed by atoms with Crippen LogP contribution in [0.2, 0.25) is 0 Å². The molecule has 0 N–H and O–H groups in total. The first-order chi connectivity index (χ1) is 3.39. The lowest BCUT2D eigenvalue weighted by Crippen LogP contribution is -1.74. The topological polar surface area (TPSA) is 0 Å². The fraction of sp³-hybridized carbons (Fsp3) is 0. The number of hydrogen-bond donors (Lipinski definition) is 0. The second kappa shape index (κ2) is 1.69. The van der Waals surface area contributed by atoms with Crippen LogP contribution in [0.5, 0.6) is 0 Å². The summed E-state index contributed by atoms with van der Waals surface area (Å²) in [4.78, 5) is 0. The van der Waals surface area contributed by atoms with E-state index in [-0.39, 0.29) is 0 Å². The Balaban J connectivity index is 2.66. The van der Waals surface area contributed by atoms with Gasteiger partial charge in [0.15, 0.2) is 0 Å². The minimum atomic E-state index is 0.947. The second-order valence-electron chi connectivity index (χ2n) is 1.39. The highest BCUT2D eigenvalue weighted by molar-refractivity contribution is 5.31. The summed E-state index contributed by atoms with van der Waals surface area (Å²) in [6, 6.07) is 0.